The molecule has 6 nitrogen and oxygen atoms in total. The first-order valence-electron chi connectivity index (χ1n) is 5.31. The lowest BCUT2D eigenvalue weighted by Crippen LogP contribution is -2.42. The number of carboxylic acid groups (broad SMARTS) is 1. The van der Waals surface area contributed by atoms with E-state index in [0.29, 0.717) is 10.7 Å². The van der Waals surface area contributed by atoms with E-state index >= 15 is 0 Å². The normalized spacial score (nSPS) is 18.7. The number of carbonyl (C=O) groups excluding carboxylic acids is 1. The van der Waals surface area contributed by atoms with Gasteiger partial charge in [-0.05, 0) is 24.6 Å². The van der Waals surface area contributed by atoms with Crippen LogP contribution in [0.2, 0.25) is 0 Å². The molecule has 0 aliphatic carbocycles. The zero-order valence-corrected chi connectivity index (χ0v) is 10.2. The second-order valence-corrected chi connectivity index (χ2v) is 5.87. The first kappa shape index (κ1) is 12.6. The van der Waals surface area contributed by atoms with E-state index in [2.05, 4.69) is 0 Å². The van der Waals surface area contributed by atoms with Crippen LogP contribution in [0, 0.1) is 0 Å². The highest BCUT2D eigenvalue weighted by Gasteiger charge is 2.33. The summed E-state index contributed by atoms with van der Waals surface area (Å²) in [6.07, 6.45) is 0.451. The SMILES string of the molecule is O=C(O)c1cccc(N2C(=O)CCCS2(=O)=O)c1. The highest BCUT2D eigenvalue weighted by atomic mass is 32.2. The number of carbonyl (C=O) groups is 2. The standard InChI is InChI=1S/C11H11NO5S/c13-10-5-2-6-18(16,17)12(10)9-4-1-3-8(7-9)11(14)15/h1,3-4,7H,2,5-6H2,(H,14,15). The van der Waals surface area contributed by atoms with Crippen LogP contribution in [0.25, 0.3) is 0 Å². The topological polar surface area (TPSA) is 91.8 Å². The quantitative estimate of drug-likeness (QED) is 0.859. The van der Waals surface area contributed by atoms with Crippen molar-refractivity contribution in [2.45, 2.75) is 12.8 Å². The van der Waals surface area contributed by atoms with Crippen molar-refractivity contribution in [1.82, 2.24) is 0 Å². The lowest BCUT2D eigenvalue weighted by atomic mass is 10.2. The molecule has 0 unspecified atom stereocenters. The summed E-state index contributed by atoms with van der Waals surface area (Å²) in [7, 11) is -3.68. The van der Waals surface area contributed by atoms with Crippen LogP contribution in [-0.4, -0.2) is 31.2 Å². The van der Waals surface area contributed by atoms with Gasteiger partial charge in [-0.25, -0.2) is 17.5 Å². The molecule has 0 bridgehead atoms. The van der Waals surface area contributed by atoms with Gasteiger partial charge in [0.2, 0.25) is 15.9 Å². The number of benzene rings is 1. The summed E-state index contributed by atoms with van der Waals surface area (Å²) < 4.78 is 24.4. The number of nitrogens with zero attached hydrogens (tertiary/aromatic N) is 1. The molecule has 2 rings (SSSR count). The van der Waals surface area contributed by atoms with Gasteiger partial charge < -0.3 is 5.11 Å². The molecule has 96 valence electrons. The summed E-state index contributed by atoms with van der Waals surface area (Å²) in [5, 5.41) is 8.85. The van der Waals surface area contributed by atoms with Crippen LogP contribution in [0.1, 0.15) is 23.2 Å². The van der Waals surface area contributed by atoms with Crippen molar-refractivity contribution in [2.75, 3.05) is 10.1 Å². The molecule has 0 aromatic heterocycles. The van der Waals surface area contributed by atoms with Gasteiger partial charge in [-0.3, -0.25) is 4.79 Å². The van der Waals surface area contributed by atoms with Gasteiger partial charge in [0, 0.05) is 6.42 Å². The molecule has 0 saturated carbocycles. The molecule has 1 N–H and O–H groups in total. The molecule has 0 spiro atoms. The summed E-state index contributed by atoms with van der Waals surface area (Å²) in [6, 6.07) is 5.35. The van der Waals surface area contributed by atoms with Gasteiger partial charge in [-0.2, -0.15) is 0 Å². The number of carboxylic acids is 1. The molecule has 7 heteroatoms. The molecule has 1 amide bonds. The maximum atomic E-state index is 11.8. The van der Waals surface area contributed by atoms with E-state index in [0.717, 1.165) is 0 Å². The van der Waals surface area contributed by atoms with Gasteiger partial charge in [-0.1, -0.05) is 6.07 Å². The number of hydrogen-bond donors (Lipinski definition) is 1. The van der Waals surface area contributed by atoms with E-state index in [1.54, 1.807) is 0 Å². The van der Waals surface area contributed by atoms with Gasteiger partial charge in [-0.15, -0.1) is 0 Å². The second-order valence-electron chi connectivity index (χ2n) is 3.93. The monoisotopic (exact) mass is 269 g/mol. The summed E-state index contributed by atoms with van der Waals surface area (Å²) in [4.78, 5) is 22.5. The molecule has 1 aromatic carbocycles. The minimum Gasteiger partial charge on any atom is -0.478 e. The van der Waals surface area contributed by atoms with Crippen molar-refractivity contribution in [3.05, 3.63) is 29.8 Å². The summed E-state index contributed by atoms with van der Waals surface area (Å²) >= 11 is 0. The third-order valence-electron chi connectivity index (χ3n) is 2.63. The molecular formula is C11H11NO5S. The van der Waals surface area contributed by atoms with E-state index in [-0.39, 0.29) is 23.4 Å². The Morgan fingerprint density at radius 1 is 1.33 bits per heavy atom. The third-order valence-corrected chi connectivity index (χ3v) is 4.40. The highest BCUT2D eigenvalue weighted by Crippen LogP contribution is 2.25. The first-order valence-corrected chi connectivity index (χ1v) is 6.92. The molecule has 18 heavy (non-hydrogen) atoms. The van der Waals surface area contributed by atoms with Crippen molar-refractivity contribution in [2.24, 2.45) is 0 Å². The molecule has 0 radical (unpaired) electrons. The smallest absolute Gasteiger partial charge is 0.335 e. The molecular weight excluding hydrogens is 258 g/mol. The summed E-state index contributed by atoms with van der Waals surface area (Å²) in [5.41, 5.74) is 0.0284. The van der Waals surface area contributed by atoms with Gasteiger partial charge in [0.25, 0.3) is 0 Å². The number of hydrogen-bond acceptors (Lipinski definition) is 4. The minimum absolute atomic E-state index is 0.0546. The van der Waals surface area contributed by atoms with E-state index in [4.69, 9.17) is 5.11 Å². The largest absolute Gasteiger partial charge is 0.478 e. The van der Waals surface area contributed by atoms with Gasteiger partial charge >= 0.3 is 5.97 Å². The van der Waals surface area contributed by atoms with Crippen molar-refractivity contribution >= 4 is 27.6 Å². The van der Waals surface area contributed by atoms with Crippen molar-refractivity contribution in [1.29, 1.82) is 0 Å². The summed E-state index contributed by atoms with van der Waals surface area (Å²) in [6.45, 7) is 0. The average molecular weight is 269 g/mol. The maximum Gasteiger partial charge on any atom is 0.335 e. The van der Waals surface area contributed by atoms with Gasteiger partial charge in [0.05, 0.1) is 17.0 Å². The van der Waals surface area contributed by atoms with Crippen molar-refractivity contribution in [3.8, 4) is 0 Å². The fourth-order valence-corrected chi connectivity index (χ4v) is 3.35. The van der Waals surface area contributed by atoms with E-state index in [9.17, 15) is 18.0 Å². The number of amides is 1. The maximum absolute atomic E-state index is 11.8. The molecule has 1 aromatic rings. The Balaban J connectivity index is 2.49. The Hall–Kier alpha value is -1.89. The number of anilines is 1. The Bertz CT molecular complexity index is 608. The molecule has 1 aliphatic heterocycles. The molecule has 1 heterocycles. The lowest BCUT2D eigenvalue weighted by molar-refractivity contribution is -0.117. The van der Waals surface area contributed by atoms with Crippen LogP contribution >= 0.6 is 0 Å². The van der Waals surface area contributed by atoms with Crippen LogP contribution in [-0.2, 0) is 14.8 Å². The van der Waals surface area contributed by atoms with Crippen LogP contribution in [0.3, 0.4) is 0 Å². The van der Waals surface area contributed by atoms with Crippen molar-refractivity contribution < 1.29 is 23.1 Å². The third kappa shape index (κ3) is 2.21. The minimum atomic E-state index is -3.68. The zero-order chi connectivity index (χ0) is 13.3. The van der Waals surface area contributed by atoms with Crippen LogP contribution in [0.5, 0.6) is 0 Å². The van der Waals surface area contributed by atoms with Crippen molar-refractivity contribution in [3.63, 3.8) is 0 Å². The highest BCUT2D eigenvalue weighted by molar-refractivity contribution is 7.93. The van der Waals surface area contributed by atoms with E-state index in [1.165, 1.54) is 24.3 Å². The predicted molar refractivity (Wildman–Crippen MR) is 63.9 cm³/mol. The summed E-state index contributed by atoms with van der Waals surface area (Å²) in [5.74, 6) is -1.79. The van der Waals surface area contributed by atoms with Crippen LogP contribution in [0.15, 0.2) is 24.3 Å². The predicted octanol–water partition coefficient (Wildman–Crippen LogP) is 0.841. The fraction of sp³-hybridized carbons (Fsp3) is 0.273. The Morgan fingerprint density at radius 3 is 2.67 bits per heavy atom. The zero-order valence-electron chi connectivity index (χ0n) is 9.37. The van der Waals surface area contributed by atoms with Gasteiger partial charge in [0.15, 0.2) is 0 Å². The molecule has 1 fully saturated rings. The van der Waals surface area contributed by atoms with E-state index in [1.807, 2.05) is 0 Å². The Labute approximate surface area is 104 Å². The van der Waals surface area contributed by atoms with E-state index < -0.39 is 21.9 Å². The molecule has 1 aliphatic rings. The Kier molecular flexibility index (Phi) is 3.08. The fourth-order valence-electron chi connectivity index (χ4n) is 1.82. The first-order chi connectivity index (χ1) is 8.42. The lowest BCUT2D eigenvalue weighted by Gasteiger charge is -2.26. The molecule has 1 saturated heterocycles. The Morgan fingerprint density at radius 2 is 2.06 bits per heavy atom. The number of rotatable bonds is 2. The van der Waals surface area contributed by atoms with Crippen LogP contribution < -0.4 is 4.31 Å². The molecule has 0 atom stereocenters. The number of sulfonamides is 1. The number of aromatic carboxylic acids is 1. The second kappa shape index (κ2) is 4.41. The average Bonchev–Trinajstić information content (AvgIpc) is 2.28. The van der Waals surface area contributed by atoms with Gasteiger partial charge in [0.1, 0.15) is 0 Å². The van der Waals surface area contributed by atoms with Crippen LogP contribution in [0.4, 0.5) is 5.69 Å².